The Morgan fingerprint density at radius 1 is 1.30 bits per heavy atom. The summed E-state index contributed by atoms with van der Waals surface area (Å²) in [4.78, 5) is 0. The molecule has 0 aliphatic rings. The van der Waals surface area contributed by atoms with Crippen molar-refractivity contribution in [2.24, 2.45) is 0 Å². The number of nitrogens with zero attached hydrogens (tertiary/aromatic N) is 3. The van der Waals surface area contributed by atoms with Crippen LogP contribution in [0.1, 0.15) is 28.8 Å². The first kappa shape index (κ1) is 15.0. The first-order valence-electron chi connectivity index (χ1n) is 7.05. The molecule has 2 N–H and O–H groups in total. The smallest absolute Gasteiger partial charge is 0.206 e. The normalized spacial score (nSPS) is 12.6. The molecule has 1 atom stereocenters. The predicted molar refractivity (Wildman–Crippen MR) is 82.7 cm³/mol. The zero-order chi connectivity index (χ0) is 16.1. The zero-order valence-corrected chi connectivity index (χ0v) is 12.5. The number of ether oxygens (including phenoxy) is 1. The van der Waals surface area contributed by atoms with E-state index in [1.54, 1.807) is 25.5 Å². The van der Waals surface area contributed by atoms with E-state index in [1.165, 1.54) is 0 Å². The number of aliphatic hydroxyl groups excluding tert-OH is 1. The highest BCUT2D eigenvalue weighted by Crippen LogP contribution is 2.20. The molecule has 7 nitrogen and oxygen atoms in total. The number of rotatable bonds is 6. The van der Waals surface area contributed by atoms with Crippen LogP contribution in [0.15, 0.2) is 47.1 Å². The van der Waals surface area contributed by atoms with Gasteiger partial charge in [-0.3, -0.25) is 0 Å². The van der Waals surface area contributed by atoms with Crippen LogP contribution in [0, 0.1) is 0 Å². The van der Waals surface area contributed by atoms with Crippen LogP contribution >= 0.6 is 0 Å². The second-order valence-corrected chi connectivity index (χ2v) is 4.91. The highest BCUT2D eigenvalue weighted by molar-refractivity contribution is 5.49. The molecule has 1 unspecified atom stereocenters. The molecule has 0 aliphatic carbocycles. The topological polar surface area (TPSA) is 97.1 Å². The van der Waals surface area contributed by atoms with Crippen molar-refractivity contribution in [2.75, 3.05) is 7.11 Å². The van der Waals surface area contributed by atoms with Crippen LogP contribution in [0.5, 0.6) is 5.75 Å². The molecule has 23 heavy (non-hydrogen) atoms. The van der Waals surface area contributed by atoms with E-state index in [0.717, 1.165) is 23.3 Å². The predicted octanol–water partition coefficient (Wildman–Crippen LogP) is 2.14. The minimum Gasteiger partial charge on any atom is -0.497 e. The maximum absolute atomic E-state index is 9.92. The van der Waals surface area contributed by atoms with Crippen molar-refractivity contribution in [2.45, 2.75) is 12.5 Å². The van der Waals surface area contributed by atoms with Crippen LogP contribution < -0.4 is 4.74 Å². The first-order chi connectivity index (χ1) is 11.3. The van der Waals surface area contributed by atoms with E-state index < -0.39 is 6.10 Å². The average Bonchev–Trinajstić information content (AvgIpc) is 3.25. The van der Waals surface area contributed by atoms with Crippen molar-refractivity contribution in [1.29, 1.82) is 0 Å². The molecule has 0 radical (unpaired) electrons. The Kier molecular flexibility index (Phi) is 4.49. The van der Waals surface area contributed by atoms with Gasteiger partial charge in [-0.2, -0.15) is 5.21 Å². The Hall–Kier alpha value is -2.93. The molecule has 0 saturated carbocycles. The minimum atomic E-state index is -0.937. The van der Waals surface area contributed by atoms with Crippen LogP contribution in [0.3, 0.4) is 0 Å². The number of benzene rings is 1. The highest BCUT2D eigenvalue weighted by atomic mass is 16.5. The summed E-state index contributed by atoms with van der Waals surface area (Å²) in [5, 5.41) is 23.1. The van der Waals surface area contributed by atoms with Gasteiger partial charge in [0.05, 0.1) is 13.4 Å². The molecule has 3 rings (SSSR count). The maximum atomic E-state index is 9.92. The molecule has 2 aromatic heterocycles. The SMILES string of the molecule is COc1ccc(Cc2ccoc2C=CC(O)c2nn[nH]n2)cc1. The van der Waals surface area contributed by atoms with Gasteiger partial charge in [0, 0.05) is 12.0 Å². The highest BCUT2D eigenvalue weighted by Gasteiger charge is 2.10. The van der Waals surface area contributed by atoms with Gasteiger partial charge >= 0.3 is 0 Å². The van der Waals surface area contributed by atoms with Crippen molar-refractivity contribution in [3.8, 4) is 5.75 Å². The summed E-state index contributed by atoms with van der Waals surface area (Å²) in [5.74, 6) is 1.72. The van der Waals surface area contributed by atoms with Gasteiger partial charge in [-0.05, 0) is 35.9 Å². The lowest BCUT2D eigenvalue weighted by atomic mass is 10.0. The molecule has 0 bridgehead atoms. The van der Waals surface area contributed by atoms with Crippen LogP contribution in [-0.4, -0.2) is 32.8 Å². The second kappa shape index (κ2) is 6.89. The van der Waals surface area contributed by atoms with E-state index >= 15 is 0 Å². The van der Waals surface area contributed by atoms with E-state index in [0.29, 0.717) is 5.76 Å². The fraction of sp³-hybridized carbons (Fsp3) is 0.188. The number of aromatic nitrogens is 4. The molecular weight excluding hydrogens is 296 g/mol. The summed E-state index contributed by atoms with van der Waals surface area (Å²) in [6.45, 7) is 0. The number of H-pyrrole nitrogens is 1. The summed E-state index contributed by atoms with van der Waals surface area (Å²) in [6, 6.07) is 9.77. The molecule has 0 aliphatic heterocycles. The lowest BCUT2D eigenvalue weighted by Gasteiger charge is -2.03. The third-order valence-corrected chi connectivity index (χ3v) is 3.39. The molecule has 1 aromatic carbocycles. The zero-order valence-electron chi connectivity index (χ0n) is 12.5. The fourth-order valence-corrected chi connectivity index (χ4v) is 2.16. The van der Waals surface area contributed by atoms with Crippen LogP contribution in [-0.2, 0) is 6.42 Å². The Bertz CT molecular complexity index is 763. The van der Waals surface area contributed by atoms with E-state index in [9.17, 15) is 5.11 Å². The summed E-state index contributed by atoms with van der Waals surface area (Å²) in [6.07, 6.45) is 4.67. The van der Waals surface area contributed by atoms with Crippen molar-refractivity contribution < 1.29 is 14.3 Å². The average molecular weight is 312 g/mol. The van der Waals surface area contributed by atoms with Gasteiger partial charge in [-0.1, -0.05) is 17.3 Å². The van der Waals surface area contributed by atoms with E-state index in [4.69, 9.17) is 9.15 Å². The van der Waals surface area contributed by atoms with Gasteiger partial charge in [-0.15, -0.1) is 10.2 Å². The third kappa shape index (κ3) is 3.64. The molecule has 3 aromatic rings. The summed E-state index contributed by atoms with van der Waals surface area (Å²) >= 11 is 0. The molecular formula is C16H16N4O3. The largest absolute Gasteiger partial charge is 0.497 e. The number of nitrogens with one attached hydrogen (secondary N) is 1. The number of aromatic amines is 1. The van der Waals surface area contributed by atoms with E-state index in [2.05, 4.69) is 20.6 Å². The maximum Gasteiger partial charge on any atom is 0.206 e. The molecule has 0 amide bonds. The van der Waals surface area contributed by atoms with Crippen molar-refractivity contribution >= 4 is 6.08 Å². The van der Waals surface area contributed by atoms with Crippen molar-refractivity contribution in [3.63, 3.8) is 0 Å². The summed E-state index contributed by atoms with van der Waals surface area (Å²) in [7, 11) is 1.64. The van der Waals surface area contributed by atoms with Gasteiger partial charge in [0.25, 0.3) is 0 Å². The lowest BCUT2D eigenvalue weighted by Crippen LogP contribution is -1.96. The van der Waals surface area contributed by atoms with Gasteiger partial charge in [0.2, 0.25) is 5.82 Å². The molecule has 0 fully saturated rings. The Balaban J connectivity index is 1.71. The van der Waals surface area contributed by atoms with Crippen molar-refractivity contribution in [3.05, 3.63) is 65.4 Å². The lowest BCUT2D eigenvalue weighted by molar-refractivity contribution is 0.219. The Morgan fingerprint density at radius 3 is 2.83 bits per heavy atom. The molecule has 2 heterocycles. The molecule has 0 saturated heterocycles. The Labute approximate surface area is 132 Å². The third-order valence-electron chi connectivity index (χ3n) is 3.39. The fourth-order valence-electron chi connectivity index (χ4n) is 2.16. The van der Waals surface area contributed by atoms with Crippen LogP contribution in [0.2, 0.25) is 0 Å². The molecule has 0 spiro atoms. The number of hydrogen-bond donors (Lipinski definition) is 2. The standard InChI is InChI=1S/C16H16N4O3/c1-22-13-4-2-11(3-5-13)10-12-8-9-23-15(12)7-6-14(21)16-17-19-20-18-16/h2-9,14,21H,10H2,1H3,(H,17,18,19,20). The minimum absolute atomic E-state index is 0.213. The number of furan rings is 1. The van der Waals surface area contributed by atoms with Crippen molar-refractivity contribution in [1.82, 2.24) is 20.6 Å². The van der Waals surface area contributed by atoms with Crippen LogP contribution in [0.25, 0.3) is 6.08 Å². The monoisotopic (exact) mass is 312 g/mol. The number of methoxy groups -OCH3 is 1. The number of aliphatic hydroxyl groups is 1. The van der Waals surface area contributed by atoms with Gasteiger partial charge in [0.15, 0.2) is 0 Å². The second-order valence-electron chi connectivity index (χ2n) is 4.91. The van der Waals surface area contributed by atoms with Gasteiger partial charge in [-0.25, -0.2) is 0 Å². The summed E-state index contributed by atoms with van der Waals surface area (Å²) in [5.41, 5.74) is 2.16. The van der Waals surface area contributed by atoms with Gasteiger partial charge < -0.3 is 14.3 Å². The van der Waals surface area contributed by atoms with E-state index in [-0.39, 0.29) is 5.82 Å². The number of tetrazole rings is 1. The van der Waals surface area contributed by atoms with E-state index in [1.807, 2.05) is 30.3 Å². The quantitative estimate of drug-likeness (QED) is 0.724. The summed E-state index contributed by atoms with van der Waals surface area (Å²) < 4.78 is 10.6. The Morgan fingerprint density at radius 2 is 2.13 bits per heavy atom. The first-order valence-corrected chi connectivity index (χ1v) is 7.05. The molecule has 118 valence electrons. The number of hydrogen-bond acceptors (Lipinski definition) is 6. The van der Waals surface area contributed by atoms with Crippen LogP contribution in [0.4, 0.5) is 0 Å². The molecule has 7 heteroatoms. The van der Waals surface area contributed by atoms with Gasteiger partial charge in [0.1, 0.15) is 17.6 Å².